The molecule has 0 aliphatic heterocycles. The SMILES string of the molecule is O=C(NC(=S)NC1CCC(NC(=S)NC(=O)c2ccco2)CC1)c1ccco1. The Morgan fingerprint density at radius 1 is 0.786 bits per heavy atom. The highest BCUT2D eigenvalue weighted by Gasteiger charge is 2.23. The van der Waals surface area contributed by atoms with Gasteiger partial charge in [-0.15, -0.1) is 0 Å². The number of rotatable bonds is 4. The molecule has 28 heavy (non-hydrogen) atoms. The van der Waals surface area contributed by atoms with Crippen LogP contribution in [-0.4, -0.2) is 34.1 Å². The summed E-state index contributed by atoms with van der Waals surface area (Å²) in [5.74, 6) is -0.338. The van der Waals surface area contributed by atoms with Crippen LogP contribution >= 0.6 is 24.4 Å². The molecule has 1 aliphatic carbocycles. The number of carbonyl (C=O) groups is 2. The topological polar surface area (TPSA) is 109 Å². The molecule has 0 bridgehead atoms. The van der Waals surface area contributed by atoms with E-state index < -0.39 is 0 Å². The van der Waals surface area contributed by atoms with Crippen LogP contribution in [0.3, 0.4) is 0 Å². The molecule has 0 aromatic carbocycles. The summed E-state index contributed by atoms with van der Waals surface area (Å²) in [6.07, 6.45) is 6.26. The van der Waals surface area contributed by atoms with Crippen LogP contribution in [-0.2, 0) is 0 Å². The lowest BCUT2D eigenvalue weighted by Gasteiger charge is -2.30. The van der Waals surface area contributed by atoms with Gasteiger partial charge in [0.25, 0.3) is 11.8 Å². The van der Waals surface area contributed by atoms with E-state index in [0.29, 0.717) is 0 Å². The third-order valence-corrected chi connectivity index (χ3v) is 4.78. The standard InChI is InChI=1S/C18H20N4O4S2/c23-15(13-3-1-9-25-13)21-17(27)19-11-5-7-12(8-6-11)20-18(28)22-16(24)14-4-2-10-26-14/h1-4,9-12H,5-8H2,(H2,19,21,23,27)(H2,20,22,24,28). The van der Waals surface area contributed by atoms with Crippen LogP contribution in [0.4, 0.5) is 0 Å². The van der Waals surface area contributed by atoms with Gasteiger partial charge in [0.1, 0.15) is 0 Å². The molecule has 0 saturated heterocycles. The van der Waals surface area contributed by atoms with Crippen molar-refractivity contribution in [2.45, 2.75) is 37.8 Å². The highest BCUT2D eigenvalue weighted by Crippen LogP contribution is 2.18. The molecule has 4 N–H and O–H groups in total. The molecular weight excluding hydrogens is 400 g/mol. The van der Waals surface area contributed by atoms with E-state index in [1.807, 2.05) is 0 Å². The molecule has 2 heterocycles. The lowest BCUT2D eigenvalue weighted by Crippen LogP contribution is -2.49. The van der Waals surface area contributed by atoms with Crippen LogP contribution in [0.5, 0.6) is 0 Å². The van der Waals surface area contributed by atoms with Gasteiger partial charge < -0.3 is 19.5 Å². The van der Waals surface area contributed by atoms with Crippen molar-refractivity contribution in [1.29, 1.82) is 0 Å². The zero-order chi connectivity index (χ0) is 19.9. The van der Waals surface area contributed by atoms with Crippen molar-refractivity contribution >= 4 is 46.5 Å². The molecule has 0 spiro atoms. The molecule has 1 fully saturated rings. The number of amides is 2. The van der Waals surface area contributed by atoms with Crippen molar-refractivity contribution in [2.24, 2.45) is 0 Å². The monoisotopic (exact) mass is 420 g/mol. The second-order valence-electron chi connectivity index (χ2n) is 6.36. The molecule has 1 aliphatic rings. The molecule has 2 amide bonds. The smallest absolute Gasteiger partial charge is 0.293 e. The van der Waals surface area contributed by atoms with Gasteiger partial charge >= 0.3 is 0 Å². The second-order valence-corrected chi connectivity index (χ2v) is 7.17. The molecule has 10 heteroatoms. The van der Waals surface area contributed by atoms with Gasteiger partial charge in [-0.1, -0.05) is 0 Å². The predicted molar refractivity (Wildman–Crippen MR) is 110 cm³/mol. The Balaban J connectivity index is 1.36. The number of hydrogen-bond donors (Lipinski definition) is 4. The summed E-state index contributed by atoms with van der Waals surface area (Å²) in [6.45, 7) is 0. The summed E-state index contributed by atoms with van der Waals surface area (Å²) >= 11 is 10.4. The average molecular weight is 421 g/mol. The van der Waals surface area contributed by atoms with Crippen LogP contribution in [0.25, 0.3) is 0 Å². The molecule has 0 unspecified atom stereocenters. The maximum atomic E-state index is 11.9. The Hall–Kier alpha value is -2.72. The lowest BCUT2D eigenvalue weighted by molar-refractivity contribution is 0.0941. The summed E-state index contributed by atoms with van der Waals surface area (Å²) in [7, 11) is 0. The van der Waals surface area contributed by atoms with E-state index in [1.54, 1.807) is 24.3 Å². The van der Waals surface area contributed by atoms with Crippen molar-refractivity contribution in [3.63, 3.8) is 0 Å². The third kappa shape index (κ3) is 5.64. The maximum Gasteiger partial charge on any atom is 0.293 e. The number of carbonyl (C=O) groups excluding carboxylic acids is 2. The number of furan rings is 2. The Morgan fingerprint density at radius 3 is 1.50 bits per heavy atom. The normalized spacial score (nSPS) is 18.7. The van der Waals surface area contributed by atoms with Gasteiger partial charge in [0.2, 0.25) is 0 Å². The molecule has 2 aromatic heterocycles. The number of thiocarbonyl (C=S) groups is 2. The van der Waals surface area contributed by atoms with Crippen molar-refractivity contribution in [2.75, 3.05) is 0 Å². The van der Waals surface area contributed by atoms with Gasteiger partial charge in [-0.2, -0.15) is 0 Å². The van der Waals surface area contributed by atoms with Crippen molar-refractivity contribution in [3.8, 4) is 0 Å². The minimum Gasteiger partial charge on any atom is -0.459 e. The van der Waals surface area contributed by atoms with Crippen LogP contribution in [0, 0.1) is 0 Å². The van der Waals surface area contributed by atoms with Crippen molar-refractivity contribution < 1.29 is 18.4 Å². The minimum atomic E-state index is -0.379. The predicted octanol–water partition coefficient (Wildman–Crippen LogP) is 2.09. The van der Waals surface area contributed by atoms with E-state index in [0.717, 1.165) is 25.7 Å². The Morgan fingerprint density at radius 2 is 1.18 bits per heavy atom. The second kappa shape index (κ2) is 9.47. The first-order valence-corrected chi connectivity index (χ1v) is 9.63. The van der Waals surface area contributed by atoms with Gasteiger partial charge in [0, 0.05) is 12.1 Å². The summed E-state index contributed by atoms with van der Waals surface area (Å²) in [5, 5.41) is 12.1. The molecule has 3 rings (SSSR count). The van der Waals surface area contributed by atoms with E-state index >= 15 is 0 Å². The van der Waals surface area contributed by atoms with Crippen molar-refractivity contribution in [3.05, 3.63) is 48.3 Å². The van der Waals surface area contributed by atoms with Gasteiger partial charge in [0.15, 0.2) is 21.7 Å². The first-order valence-electron chi connectivity index (χ1n) is 8.82. The highest BCUT2D eigenvalue weighted by molar-refractivity contribution is 7.80. The first-order chi connectivity index (χ1) is 13.5. The van der Waals surface area contributed by atoms with E-state index in [9.17, 15) is 9.59 Å². The van der Waals surface area contributed by atoms with Gasteiger partial charge in [-0.3, -0.25) is 20.2 Å². The Bertz CT molecular complexity index is 758. The van der Waals surface area contributed by atoms with Crippen LogP contribution < -0.4 is 21.3 Å². The molecule has 0 radical (unpaired) electrons. The Kier molecular flexibility index (Phi) is 6.77. The van der Waals surface area contributed by atoms with Gasteiger partial charge in [-0.25, -0.2) is 0 Å². The van der Waals surface area contributed by atoms with E-state index in [1.165, 1.54) is 12.5 Å². The van der Waals surface area contributed by atoms with E-state index in [2.05, 4.69) is 21.3 Å². The molecule has 2 aromatic rings. The van der Waals surface area contributed by atoms with Crippen molar-refractivity contribution in [1.82, 2.24) is 21.3 Å². The van der Waals surface area contributed by atoms with Crippen LogP contribution in [0.15, 0.2) is 45.6 Å². The largest absolute Gasteiger partial charge is 0.459 e. The molecule has 1 saturated carbocycles. The molecule has 0 atom stereocenters. The lowest BCUT2D eigenvalue weighted by atomic mass is 9.91. The molecular formula is C18H20N4O4S2. The fourth-order valence-electron chi connectivity index (χ4n) is 2.97. The third-order valence-electron chi connectivity index (χ3n) is 4.34. The van der Waals surface area contributed by atoms with E-state index in [-0.39, 0.29) is 45.6 Å². The fraction of sp³-hybridized carbons (Fsp3) is 0.333. The maximum absolute atomic E-state index is 11.9. The van der Waals surface area contributed by atoms with Crippen LogP contribution in [0.1, 0.15) is 46.8 Å². The summed E-state index contributed by atoms with van der Waals surface area (Å²) in [4.78, 5) is 23.8. The Labute approximate surface area is 172 Å². The van der Waals surface area contributed by atoms with Crippen LogP contribution in [0.2, 0.25) is 0 Å². The number of hydrogen-bond acceptors (Lipinski definition) is 6. The van der Waals surface area contributed by atoms with Gasteiger partial charge in [0.05, 0.1) is 12.5 Å². The quantitative estimate of drug-likeness (QED) is 0.557. The zero-order valence-electron chi connectivity index (χ0n) is 14.9. The highest BCUT2D eigenvalue weighted by atomic mass is 32.1. The summed E-state index contributed by atoms with van der Waals surface area (Å²) in [5.41, 5.74) is 0. The number of nitrogens with one attached hydrogen (secondary N) is 4. The summed E-state index contributed by atoms with van der Waals surface area (Å²) < 4.78 is 10.1. The van der Waals surface area contributed by atoms with Gasteiger partial charge in [-0.05, 0) is 74.4 Å². The van der Waals surface area contributed by atoms with E-state index in [4.69, 9.17) is 33.3 Å². The first kappa shape index (κ1) is 20.0. The molecule has 8 nitrogen and oxygen atoms in total. The molecule has 148 valence electrons. The zero-order valence-corrected chi connectivity index (χ0v) is 16.5. The average Bonchev–Trinajstić information content (AvgIpc) is 3.37. The minimum absolute atomic E-state index is 0.161. The summed E-state index contributed by atoms with van der Waals surface area (Å²) in [6, 6.07) is 6.75. The fourth-order valence-corrected chi connectivity index (χ4v) is 3.49.